The molecule has 1 saturated carbocycles. The number of halogens is 2. The quantitative estimate of drug-likeness (QED) is 0.595. The fourth-order valence-electron chi connectivity index (χ4n) is 5.51. The highest BCUT2D eigenvalue weighted by atomic mass is 79.9. The summed E-state index contributed by atoms with van der Waals surface area (Å²) in [5, 5.41) is 4.17. The molecule has 2 aliphatic heterocycles. The number of para-hydroxylation sites is 1. The standard InChI is InChI=1S/C21H20BrClN2O2S/c1-14-4-3-11-21-20(14,17-5-2-6-18(22)19(17)24-21)12-13-25(21)28(26,27)16-9-7-15(23)8-10-16/h2,5-10,24H,1,3-4,11-13H2. The predicted octanol–water partition coefficient (Wildman–Crippen LogP) is 5.30. The van der Waals surface area contributed by atoms with Crippen LogP contribution in [0.1, 0.15) is 31.2 Å². The van der Waals surface area contributed by atoms with Crippen LogP contribution in [0.2, 0.25) is 5.02 Å². The van der Waals surface area contributed by atoms with Crippen molar-refractivity contribution in [3.63, 3.8) is 0 Å². The van der Waals surface area contributed by atoms with Crippen LogP contribution in [0.3, 0.4) is 0 Å². The molecule has 146 valence electrons. The third-order valence-corrected chi connectivity index (χ3v) is 9.50. The van der Waals surface area contributed by atoms with E-state index in [9.17, 15) is 8.42 Å². The van der Waals surface area contributed by atoms with Crippen molar-refractivity contribution >= 4 is 43.2 Å². The van der Waals surface area contributed by atoms with Gasteiger partial charge >= 0.3 is 0 Å². The van der Waals surface area contributed by atoms with Gasteiger partial charge in [-0.15, -0.1) is 0 Å². The van der Waals surface area contributed by atoms with Gasteiger partial charge in [0.15, 0.2) is 0 Å². The number of nitrogens with zero attached hydrogens (tertiary/aromatic N) is 1. The SMILES string of the molecule is C=C1CCCC23Nc4c(Br)cccc4C12CCN3S(=O)(=O)c1ccc(Cl)cc1. The summed E-state index contributed by atoms with van der Waals surface area (Å²) in [6.45, 7) is 4.88. The van der Waals surface area contributed by atoms with Gasteiger partial charge in [-0.25, -0.2) is 8.42 Å². The van der Waals surface area contributed by atoms with Crippen molar-refractivity contribution < 1.29 is 8.42 Å². The zero-order chi connectivity index (χ0) is 19.7. The molecule has 0 spiro atoms. The maximum Gasteiger partial charge on any atom is 0.245 e. The summed E-state index contributed by atoms with van der Waals surface area (Å²) in [6.07, 6.45) is 3.31. The summed E-state index contributed by atoms with van der Waals surface area (Å²) in [6, 6.07) is 12.6. The van der Waals surface area contributed by atoms with E-state index in [-0.39, 0.29) is 4.90 Å². The van der Waals surface area contributed by atoms with Gasteiger partial charge in [0.05, 0.1) is 16.0 Å². The van der Waals surface area contributed by atoms with Crippen molar-refractivity contribution in [3.05, 3.63) is 69.7 Å². The Morgan fingerprint density at radius 3 is 2.64 bits per heavy atom. The van der Waals surface area contributed by atoms with E-state index in [1.165, 1.54) is 0 Å². The summed E-state index contributed by atoms with van der Waals surface area (Å²) in [4.78, 5) is 0.273. The van der Waals surface area contributed by atoms with Gasteiger partial charge in [0.25, 0.3) is 0 Å². The first-order chi connectivity index (χ1) is 13.3. The molecule has 5 rings (SSSR count). The lowest BCUT2D eigenvalue weighted by Gasteiger charge is -2.49. The molecule has 2 aromatic carbocycles. The molecule has 4 nitrogen and oxygen atoms in total. The van der Waals surface area contributed by atoms with Gasteiger partial charge in [-0.2, -0.15) is 4.31 Å². The molecule has 1 saturated heterocycles. The van der Waals surface area contributed by atoms with Crippen LogP contribution in [0.4, 0.5) is 5.69 Å². The van der Waals surface area contributed by atoms with Crippen molar-refractivity contribution in [1.82, 2.24) is 4.31 Å². The fourth-order valence-corrected chi connectivity index (χ4v) is 7.87. The Bertz CT molecular complexity index is 1100. The number of benzene rings is 2. The monoisotopic (exact) mass is 478 g/mol. The molecule has 0 bridgehead atoms. The van der Waals surface area contributed by atoms with Crippen LogP contribution in [0.5, 0.6) is 0 Å². The Morgan fingerprint density at radius 1 is 1.14 bits per heavy atom. The van der Waals surface area contributed by atoms with Crippen LogP contribution in [-0.2, 0) is 15.4 Å². The molecule has 2 aromatic rings. The topological polar surface area (TPSA) is 49.4 Å². The maximum absolute atomic E-state index is 13.7. The zero-order valence-corrected chi connectivity index (χ0v) is 18.4. The second-order valence-electron chi connectivity index (χ2n) is 7.79. The average Bonchev–Trinajstić information content (AvgIpc) is 3.15. The van der Waals surface area contributed by atoms with Gasteiger partial charge in [-0.1, -0.05) is 35.9 Å². The summed E-state index contributed by atoms with van der Waals surface area (Å²) >= 11 is 9.63. The molecule has 28 heavy (non-hydrogen) atoms. The zero-order valence-electron chi connectivity index (χ0n) is 15.2. The first-order valence-corrected chi connectivity index (χ1v) is 12.0. The van der Waals surface area contributed by atoms with E-state index in [2.05, 4.69) is 33.9 Å². The highest BCUT2D eigenvalue weighted by molar-refractivity contribution is 9.10. The Morgan fingerprint density at radius 2 is 1.89 bits per heavy atom. The van der Waals surface area contributed by atoms with Crippen LogP contribution < -0.4 is 5.32 Å². The Hall–Kier alpha value is -1.34. The third-order valence-electron chi connectivity index (χ3n) is 6.65. The molecule has 0 amide bonds. The van der Waals surface area contributed by atoms with E-state index in [0.29, 0.717) is 11.6 Å². The van der Waals surface area contributed by atoms with E-state index in [0.717, 1.165) is 47.0 Å². The number of nitrogens with one attached hydrogen (secondary N) is 1. The minimum atomic E-state index is -3.69. The molecule has 1 aliphatic carbocycles. The Kier molecular flexibility index (Phi) is 4.05. The summed E-state index contributed by atoms with van der Waals surface area (Å²) in [7, 11) is -3.69. The van der Waals surface area contributed by atoms with Crippen LogP contribution in [0, 0.1) is 0 Å². The number of anilines is 1. The molecule has 0 aromatic heterocycles. The number of fused-ring (bicyclic) bond motifs is 1. The largest absolute Gasteiger partial charge is 0.364 e. The second-order valence-corrected chi connectivity index (χ2v) is 10.9. The number of sulfonamides is 1. The first-order valence-electron chi connectivity index (χ1n) is 9.37. The van der Waals surface area contributed by atoms with E-state index in [1.54, 1.807) is 28.6 Å². The van der Waals surface area contributed by atoms with Crippen molar-refractivity contribution in [2.75, 3.05) is 11.9 Å². The first kappa shape index (κ1) is 18.7. The van der Waals surface area contributed by atoms with Gasteiger partial charge < -0.3 is 5.32 Å². The molecule has 0 radical (unpaired) electrons. The van der Waals surface area contributed by atoms with Crippen molar-refractivity contribution in [2.24, 2.45) is 0 Å². The molecule has 3 aliphatic rings. The Labute approximate surface area is 178 Å². The Balaban J connectivity index is 1.72. The van der Waals surface area contributed by atoms with Gasteiger partial charge in [-0.3, -0.25) is 0 Å². The van der Waals surface area contributed by atoms with Gasteiger partial charge in [-0.05, 0) is 77.5 Å². The summed E-state index contributed by atoms with van der Waals surface area (Å²) < 4.78 is 30.0. The van der Waals surface area contributed by atoms with Crippen molar-refractivity contribution in [1.29, 1.82) is 0 Å². The average molecular weight is 480 g/mol. The smallest absolute Gasteiger partial charge is 0.245 e. The van der Waals surface area contributed by atoms with Crippen LogP contribution in [0.15, 0.2) is 64.0 Å². The minimum absolute atomic E-state index is 0.273. The summed E-state index contributed by atoms with van der Waals surface area (Å²) in [5.41, 5.74) is 2.15. The lowest BCUT2D eigenvalue weighted by molar-refractivity contribution is 0.178. The molecule has 2 unspecified atom stereocenters. The molecule has 2 heterocycles. The summed E-state index contributed by atoms with van der Waals surface area (Å²) in [5.74, 6) is 0. The van der Waals surface area contributed by atoms with Gasteiger partial charge in [0, 0.05) is 16.0 Å². The molecular formula is C21H20BrClN2O2S. The molecular weight excluding hydrogens is 460 g/mol. The highest BCUT2D eigenvalue weighted by Gasteiger charge is 2.69. The molecule has 2 fully saturated rings. The maximum atomic E-state index is 13.7. The normalized spacial score (nSPS) is 29.1. The number of hydrogen-bond donors (Lipinski definition) is 1. The predicted molar refractivity (Wildman–Crippen MR) is 115 cm³/mol. The lowest BCUT2D eigenvalue weighted by Crippen LogP contribution is -2.61. The minimum Gasteiger partial charge on any atom is -0.364 e. The third kappa shape index (κ3) is 2.18. The number of rotatable bonds is 2. The van der Waals surface area contributed by atoms with E-state index >= 15 is 0 Å². The number of hydrogen-bond acceptors (Lipinski definition) is 3. The van der Waals surface area contributed by atoms with Crippen LogP contribution in [0.25, 0.3) is 0 Å². The van der Waals surface area contributed by atoms with Gasteiger partial charge in [0.2, 0.25) is 10.0 Å². The molecule has 7 heteroatoms. The van der Waals surface area contributed by atoms with Crippen molar-refractivity contribution in [2.45, 2.75) is 41.7 Å². The second kappa shape index (κ2) is 6.08. The van der Waals surface area contributed by atoms with E-state index in [1.807, 2.05) is 12.1 Å². The van der Waals surface area contributed by atoms with Crippen molar-refractivity contribution in [3.8, 4) is 0 Å². The lowest BCUT2D eigenvalue weighted by atomic mass is 9.62. The fraction of sp³-hybridized carbons (Fsp3) is 0.333. The highest BCUT2D eigenvalue weighted by Crippen LogP contribution is 2.65. The van der Waals surface area contributed by atoms with E-state index < -0.39 is 21.1 Å². The van der Waals surface area contributed by atoms with Crippen LogP contribution in [-0.4, -0.2) is 24.9 Å². The van der Waals surface area contributed by atoms with Gasteiger partial charge in [0.1, 0.15) is 5.66 Å². The molecule has 2 atom stereocenters. The molecule has 1 N–H and O–H groups in total. The van der Waals surface area contributed by atoms with E-state index in [4.69, 9.17) is 11.6 Å². The van der Waals surface area contributed by atoms with Crippen LogP contribution >= 0.6 is 27.5 Å².